The second kappa shape index (κ2) is 4.22. The summed E-state index contributed by atoms with van der Waals surface area (Å²) in [6, 6.07) is 2.00. The molecule has 74 valence electrons. The Morgan fingerprint density at radius 3 is 3.07 bits per heavy atom. The number of aromatic nitrogens is 3. The second-order valence-electron chi connectivity index (χ2n) is 3.51. The lowest BCUT2D eigenvalue weighted by Crippen LogP contribution is -1.99. The molecule has 0 aliphatic carbocycles. The maximum absolute atomic E-state index is 4.34. The molecular formula is C11H15N3. The summed E-state index contributed by atoms with van der Waals surface area (Å²) in [5.41, 5.74) is 1.14. The van der Waals surface area contributed by atoms with Gasteiger partial charge < -0.3 is 0 Å². The minimum absolute atomic E-state index is 1.00. The molecular weight excluding hydrogens is 174 g/mol. The van der Waals surface area contributed by atoms with E-state index in [0.29, 0.717) is 0 Å². The molecule has 14 heavy (non-hydrogen) atoms. The molecule has 0 aromatic carbocycles. The van der Waals surface area contributed by atoms with Crippen molar-refractivity contribution in [2.45, 2.75) is 32.7 Å². The number of unbranched alkanes of at least 4 members (excludes halogenated alkanes) is 2. The second-order valence-corrected chi connectivity index (χ2v) is 3.51. The van der Waals surface area contributed by atoms with Gasteiger partial charge in [0.25, 0.3) is 0 Å². The number of rotatable bonds is 4. The largest absolute Gasteiger partial charge is 0.263 e. The molecule has 0 aliphatic heterocycles. The Hall–Kier alpha value is -1.38. The van der Waals surface area contributed by atoms with Gasteiger partial charge in [-0.25, -0.2) is 0 Å². The van der Waals surface area contributed by atoms with Crippen molar-refractivity contribution >= 4 is 10.9 Å². The standard InChI is InChI=1S/C11H15N3/c1-2-3-4-7-14-11-9-12-6-5-10(11)8-13-14/h5-6,8-9H,2-4,7H2,1H3. The lowest BCUT2D eigenvalue weighted by Gasteiger charge is -2.01. The van der Waals surface area contributed by atoms with E-state index in [2.05, 4.69) is 17.0 Å². The van der Waals surface area contributed by atoms with Crippen molar-refractivity contribution in [1.82, 2.24) is 14.8 Å². The van der Waals surface area contributed by atoms with Crippen LogP contribution in [0.15, 0.2) is 24.7 Å². The highest BCUT2D eigenvalue weighted by Gasteiger charge is 2.00. The summed E-state index contributed by atoms with van der Waals surface area (Å²) >= 11 is 0. The van der Waals surface area contributed by atoms with Gasteiger partial charge in [-0.05, 0) is 12.5 Å². The number of hydrogen-bond donors (Lipinski definition) is 0. The van der Waals surface area contributed by atoms with Gasteiger partial charge in [0.15, 0.2) is 0 Å². The zero-order valence-corrected chi connectivity index (χ0v) is 8.48. The average Bonchev–Trinajstić information content (AvgIpc) is 2.63. The fourth-order valence-corrected chi connectivity index (χ4v) is 1.61. The zero-order chi connectivity index (χ0) is 9.80. The minimum atomic E-state index is 1.00. The van der Waals surface area contributed by atoms with E-state index in [1.54, 1.807) is 6.20 Å². The molecule has 2 rings (SSSR count). The first-order chi connectivity index (χ1) is 6.92. The van der Waals surface area contributed by atoms with Crippen molar-refractivity contribution in [3.8, 4) is 0 Å². The average molecular weight is 189 g/mol. The molecule has 2 heterocycles. The Bertz CT molecular complexity index is 406. The zero-order valence-electron chi connectivity index (χ0n) is 8.48. The summed E-state index contributed by atoms with van der Waals surface area (Å²) in [7, 11) is 0. The molecule has 3 nitrogen and oxygen atoms in total. The van der Waals surface area contributed by atoms with Gasteiger partial charge in [-0.3, -0.25) is 9.67 Å². The van der Waals surface area contributed by atoms with Crippen LogP contribution in [0.3, 0.4) is 0 Å². The van der Waals surface area contributed by atoms with Gasteiger partial charge >= 0.3 is 0 Å². The van der Waals surface area contributed by atoms with Crippen LogP contribution in [-0.2, 0) is 6.54 Å². The molecule has 0 N–H and O–H groups in total. The van der Waals surface area contributed by atoms with Gasteiger partial charge in [0.1, 0.15) is 0 Å². The topological polar surface area (TPSA) is 30.7 Å². The van der Waals surface area contributed by atoms with Gasteiger partial charge in [0, 0.05) is 18.1 Å². The first-order valence-corrected chi connectivity index (χ1v) is 5.17. The van der Waals surface area contributed by atoms with Crippen molar-refractivity contribution in [2.24, 2.45) is 0 Å². The molecule has 0 saturated carbocycles. The minimum Gasteiger partial charge on any atom is -0.263 e. The molecule has 0 radical (unpaired) electrons. The third-order valence-electron chi connectivity index (χ3n) is 2.42. The van der Waals surface area contributed by atoms with Gasteiger partial charge in [-0.1, -0.05) is 19.8 Å². The Kier molecular flexibility index (Phi) is 2.77. The lowest BCUT2D eigenvalue weighted by molar-refractivity contribution is 0.567. The normalized spacial score (nSPS) is 10.9. The highest BCUT2D eigenvalue weighted by atomic mass is 15.3. The maximum atomic E-state index is 4.34. The van der Waals surface area contributed by atoms with Crippen LogP contribution in [0.4, 0.5) is 0 Å². The number of aryl methyl sites for hydroxylation is 1. The van der Waals surface area contributed by atoms with Crippen molar-refractivity contribution < 1.29 is 0 Å². The quantitative estimate of drug-likeness (QED) is 0.692. The van der Waals surface area contributed by atoms with E-state index >= 15 is 0 Å². The van der Waals surface area contributed by atoms with E-state index < -0.39 is 0 Å². The van der Waals surface area contributed by atoms with Crippen LogP contribution in [-0.4, -0.2) is 14.8 Å². The molecule has 0 bridgehead atoms. The Balaban J connectivity index is 2.17. The van der Waals surface area contributed by atoms with E-state index in [1.165, 1.54) is 24.6 Å². The van der Waals surface area contributed by atoms with E-state index in [-0.39, 0.29) is 0 Å². The van der Waals surface area contributed by atoms with Crippen LogP contribution >= 0.6 is 0 Å². The SMILES string of the molecule is CCCCCn1ncc2ccncc21. The first kappa shape index (κ1) is 9.19. The predicted octanol–water partition coefficient (Wildman–Crippen LogP) is 2.62. The summed E-state index contributed by atoms with van der Waals surface area (Å²) in [6.45, 7) is 3.21. The van der Waals surface area contributed by atoms with E-state index in [1.807, 2.05) is 23.1 Å². The maximum Gasteiger partial charge on any atom is 0.0865 e. The van der Waals surface area contributed by atoms with Crippen LogP contribution in [0.5, 0.6) is 0 Å². The van der Waals surface area contributed by atoms with Crippen LogP contribution in [0, 0.1) is 0 Å². The fourth-order valence-electron chi connectivity index (χ4n) is 1.61. The van der Waals surface area contributed by atoms with Crippen LogP contribution in [0.2, 0.25) is 0 Å². The Morgan fingerprint density at radius 1 is 1.29 bits per heavy atom. The summed E-state index contributed by atoms with van der Waals surface area (Å²) in [6.07, 6.45) is 9.30. The monoisotopic (exact) mass is 189 g/mol. The fraction of sp³-hybridized carbons (Fsp3) is 0.455. The number of nitrogens with zero attached hydrogens (tertiary/aromatic N) is 3. The Morgan fingerprint density at radius 2 is 2.21 bits per heavy atom. The number of fused-ring (bicyclic) bond motifs is 1. The number of hydrogen-bond acceptors (Lipinski definition) is 2. The number of pyridine rings is 1. The third kappa shape index (κ3) is 1.76. The Labute approximate surface area is 83.8 Å². The molecule has 3 heteroatoms. The molecule has 2 aromatic heterocycles. The summed E-state index contributed by atoms with van der Waals surface area (Å²) in [5, 5.41) is 5.52. The van der Waals surface area contributed by atoms with Gasteiger partial charge in [0.05, 0.1) is 17.9 Å². The van der Waals surface area contributed by atoms with Crippen LogP contribution in [0.1, 0.15) is 26.2 Å². The lowest BCUT2D eigenvalue weighted by atomic mass is 10.2. The van der Waals surface area contributed by atoms with Crippen molar-refractivity contribution in [2.75, 3.05) is 0 Å². The summed E-state index contributed by atoms with van der Waals surface area (Å²) in [4.78, 5) is 4.11. The predicted molar refractivity (Wildman–Crippen MR) is 57.1 cm³/mol. The van der Waals surface area contributed by atoms with Gasteiger partial charge in [-0.2, -0.15) is 5.10 Å². The van der Waals surface area contributed by atoms with Crippen molar-refractivity contribution in [3.05, 3.63) is 24.7 Å². The smallest absolute Gasteiger partial charge is 0.0865 e. The highest BCUT2D eigenvalue weighted by Crippen LogP contribution is 2.11. The van der Waals surface area contributed by atoms with E-state index in [0.717, 1.165) is 12.1 Å². The van der Waals surface area contributed by atoms with Crippen molar-refractivity contribution in [3.63, 3.8) is 0 Å². The third-order valence-corrected chi connectivity index (χ3v) is 2.42. The van der Waals surface area contributed by atoms with E-state index in [9.17, 15) is 0 Å². The molecule has 0 amide bonds. The highest BCUT2D eigenvalue weighted by molar-refractivity contribution is 5.77. The molecule has 0 unspecified atom stereocenters. The first-order valence-electron chi connectivity index (χ1n) is 5.17. The molecule has 0 saturated heterocycles. The van der Waals surface area contributed by atoms with E-state index in [4.69, 9.17) is 0 Å². The van der Waals surface area contributed by atoms with Crippen molar-refractivity contribution in [1.29, 1.82) is 0 Å². The van der Waals surface area contributed by atoms with Crippen LogP contribution in [0.25, 0.3) is 10.9 Å². The molecule has 2 aromatic rings. The van der Waals surface area contributed by atoms with Gasteiger partial charge in [0.2, 0.25) is 0 Å². The summed E-state index contributed by atoms with van der Waals surface area (Å²) in [5.74, 6) is 0. The van der Waals surface area contributed by atoms with Gasteiger partial charge in [-0.15, -0.1) is 0 Å². The molecule has 0 fully saturated rings. The van der Waals surface area contributed by atoms with Crippen LogP contribution < -0.4 is 0 Å². The molecule has 0 atom stereocenters. The molecule has 0 spiro atoms. The molecule has 0 aliphatic rings. The summed E-state index contributed by atoms with van der Waals surface area (Å²) < 4.78 is 2.04.